The highest BCUT2D eigenvalue weighted by atomic mass is 35.5. The third-order valence-corrected chi connectivity index (χ3v) is 3.14. The number of hydrogen-bond acceptors (Lipinski definition) is 1. The van der Waals surface area contributed by atoms with Crippen molar-refractivity contribution in [3.05, 3.63) is 0 Å². The summed E-state index contributed by atoms with van der Waals surface area (Å²) >= 11 is 5.71. The molecule has 12 heavy (non-hydrogen) atoms. The maximum atomic E-state index is 5.71. The Balaban J connectivity index is 2.29. The fourth-order valence-electron chi connectivity index (χ4n) is 2.12. The lowest BCUT2D eigenvalue weighted by atomic mass is 9.86. The summed E-state index contributed by atoms with van der Waals surface area (Å²) in [6.07, 6.45) is 5.56. The van der Waals surface area contributed by atoms with Crippen molar-refractivity contribution in [2.24, 2.45) is 5.92 Å². The molecule has 0 spiro atoms. The van der Waals surface area contributed by atoms with E-state index in [1.807, 2.05) is 0 Å². The first kappa shape index (κ1) is 10.3. The standard InChI is InChI=1S/C10H20ClN/c1-9-4-3-5-10(8-9)12(2)7-6-11/h9-10H,3-8H2,1-2H3. The van der Waals surface area contributed by atoms with E-state index in [9.17, 15) is 0 Å². The fourth-order valence-corrected chi connectivity index (χ4v) is 2.38. The van der Waals surface area contributed by atoms with Crippen LogP contribution in [0.4, 0.5) is 0 Å². The highest BCUT2D eigenvalue weighted by Gasteiger charge is 2.21. The minimum atomic E-state index is 0.765. The third kappa shape index (κ3) is 2.95. The number of rotatable bonds is 3. The van der Waals surface area contributed by atoms with Gasteiger partial charge in [0.05, 0.1) is 0 Å². The summed E-state index contributed by atoms with van der Waals surface area (Å²) in [5.74, 6) is 1.68. The first-order valence-electron chi connectivity index (χ1n) is 5.00. The second-order valence-electron chi connectivity index (χ2n) is 4.10. The van der Waals surface area contributed by atoms with Crippen LogP contribution in [0.3, 0.4) is 0 Å². The van der Waals surface area contributed by atoms with Crippen LogP contribution in [0.5, 0.6) is 0 Å². The summed E-state index contributed by atoms with van der Waals surface area (Å²) in [6.45, 7) is 3.40. The van der Waals surface area contributed by atoms with Gasteiger partial charge in [-0.25, -0.2) is 0 Å². The van der Waals surface area contributed by atoms with E-state index < -0.39 is 0 Å². The van der Waals surface area contributed by atoms with Crippen LogP contribution in [0.15, 0.2) is 0 Å². The van der Waals surface area contributed by atoms with E-state index in [2.05, 4.69) is 18.9 Å². The minimum Gasteiger partial charge on any atom is -0.302 e. The lowest BCUT2D eigenvalue weighted by Crippen LogP contribution is -2.36. The highest BCUT2D eigenvalue weighted by molar-refractivity contribution is 6.18. The molecular weight excluding hydrogens is 170 g/mol. The van der Waals surface area contributed by atoms with Crippen molar-refractivity contribution >= 4 is 11.6 Å². The molecule has 1 nitrogen and oxygen atoms in total. The molecule has 1 aliphatic rings. The predicted molar refractivity (Wildman–Crippen MR) is 54.8 cm³/mol. The van der Waals surface area contributed by atoms with Crippen LogP contribution in [0.2, 0.25) is 0 Å². The molecule has 1 saturated carbocycles. The van der Waals surface area contributed by atoms with Crippen LogP contribution in [-0.2, 0) is 0 Å². The van der Waals surface area contributed by atoms with Gasteiger partial charge in [-0.1, -0.05) is 19.8 Å². The van der Waals surface area contributed by atoms with Crippen molar-refractivity contribution in [2.45, 2.75) is 38.6 Å². The summed E-state index contributed by atoms with van der Waals surface area (Å²) in [4.78, 5) is 2.42. The van der Waals surface area contributed by atoms with Gasteiger partial charge < -0.3 is 4.90 Å². The quantitative estimate of drug-likeness (QED) is 0.618. The Labute approximate surface area is 81.1 Å². The van der Waals surface area contributed by atoms with E-state index in [1.54, 1.807) is 0 Å². The molecular formula is C10H20ClN. The summed E-state index contributed by atoms with van der Waals surface area (Å²) < 4.78 is 0. The Morgan fingerprint density at radius 3 is 2.75 bits per heavy atom. The normalized spacial score (nSPS) is 31.0. The molecule has 0 saturated heterocycles. The number of hydrogen-bond donors (Lipinski definition) is 0. The Hall–Kier alpha value is 0.250. The van der Waals surface area contributed by atoms with E-state index in [4.69, 9.17) is 11.6 Å². The van der Waals surface area contributed by atoms with Crippen molar-refractivity contribution in [2.75, 3.05) is 19.5 Å². The van der Waals surface area contributed by atoms with Crippen molar-refractivity contribution in [3.63, 3.8) is 0 Å². The Bertz CT molecular complexity index is 127. The van der Waals surface area contributed by atoms with Gasteiger partial charge in [-0.2, -0.15) is 0 Å². The fraction of sp³-hybridized carbons (Fsp3) is 1.00. The molecule has 0 bridgehead atoms. The maximum absolute atomic E-state index is 5.71. The average molecular weight is 190 g/mol. The highest BCUT2D eigenvalue weighted by Crippen LogP contribution is 2.26. The molecule has 0 radical (unpaired) electrons. The average Bonchev–Trinajstić information content (AvgIpc) is 2.05. The van der Waals surface area contributed by atoms with Crippen molar-refractivity contribution in [1.82, 2.24) is 4.90 Å². The van der Waals surface area contributed by atoms with Crippen molar-refractivity contribution in [1.29, 1.82) is 0 Å². The Morgan fingerprint density at radius 1 is 1.42 bits per heavy atom. The van der Waals surface area contributed by atoms with E-state index in [1.165, 1.54) is 25.7 Å². The molecule has 0 aromatic heterocycles. The number of nitrogens with zero attached hydrogens (tertiary/aromatic N) is 1. The van der Waals surface area contributed by atoms with Crippen molar-refractivity contribution in [3.8, 4) is 0 Å². The molecule has 2 heteroatoms. The molecule has 0 N–H and O–H groups in total. The Morgan fingerprint density at radius 2 is 2.17 bits per heavy atom. The second kappa shape index (κ2) is 5.08. The smallest absolute Gasteiger partial charge is 0.0351 e. The Kier molecular flexibility index (Phi) is 4.38. The summed E-state index contributed by atoms with van der Waals surface area (Å²) in [6, 6.07) is 0.799. The zero-order chi connectivity index (χ0) is 8.97. The molecule has 72 valence electrons. The van der Waals surface area contributed by atoms with E-state index in [-0.39, 0.29) is 0 Å². The van der Waals surface area contributed by atoms with Crippen LogP contribution < -0.4 is 0 Å². The first-order valence-corrected chi connectivity index (χ1v) is 5.53. The molecule has 1 aliphatic carbocycles. The monoisotopic (exact) mass is 189 g/mol. The topological polar surface area (TPSA) is 3.24 Å². The van der Waals surface area contributed by atoms with Gasteiger partial charge in [-0.15, -0.1) is 11.6 Å². The molecule has 0 amide bonds. The molecule has 0 aromatic carbocycles. The number of halogens is 1. The summed E-state index contributed by atoms with van der Waals surface area (Å²) in [5, 5.41) is 0. The molecule has 2 atom stereocenters. The predicted octanol–water partition coefficient (Wildman–Crippen LogP) is 2.74. The van der Waals surface area contributed by atoms with Crippen LogP contribution in [-0.4, -0.2) is 30.4 Å². The summed E-state index contributed by atoms with van der Waals surface area (Å²) in [7, 11) is 2.20. The van der Waals surface area contributed by atoms with Crippen molar-refractivity contribution < 1.29 is 0 Å². The first-order chi connectivity index (χ1) is 5.74. The van der Waals surface area contributed by atoms with E-state index in [0.717, 1.165) is 24.4 Å². The van der Waals surface area contributed by atoms with Gasteiger partial charge in [-0.05, 0) is 25.8 Å². The molecule has 0 heterocycles. The molecule has 1 fully saturated rings. The van der Waals surface area contributed by atoms with Gasteiger partial charge in [0.15, 0.2) is 0 Å². The molecule has 2 unspecified atom stereocenters. The van der Waals surface area contributed by atoms with Gasteiger partial charge >= 0.3 is 0 Å². The van der Waals surface area contributed by atoms with E-state index >= 15 is 0 Å². The zero-order valence-electron chi connectivity index (χ0n) is 8.22. The minimum absolute atomic E-state index is 0.765. The largest absolute Gasteiger partial charge is 0.302 e. The van der Waals surface area contributed by atoms with E-state index in [0.29, 0.717) is 0 Å². The van der Waals surface area contributed by atoms with Crippen LogP contribution in [0, 0.1) is 5.92 Å². The van der Waals surface area contributed by atoms with Gasteiger partial charge in [0.2, 0.25) is 0 Å². The van der Waals surface area contributed by atoms with Gasteiger partial charge in [-0.3, -0.25) is 0 Å². The lowest BCUT2D eigenvalue weighted by Gasteiger charge is -2.33. The molecule has 1 rings (SSSR count). The van der Waals surface area contributed by atoms with Gasteiger partial charge in [0, 0.05) is 18.5 Å². The van der Waals surface area contributed by atoms with Crippen LogP contribution in [0.1, 0.15) is 32.6 Å². The zero-order valence-corrected chi connectivity index (χ0v) is 8.98. The SMILES string of the molecule is CC1CCCC(N(C)CCCl)C1. The lowest BCUT2D eigenvalue weighted by molar-refractivity contribution is 0.172. The van der Waals surface area contributed by atoms with Crippen LogP contribution >= 0.6 is 11.6 Å². The molecule has 0 aliphatic heterocycles. The number of alkyl halides is 1. The summed E-state index contributed by atoms with van der Waals surface area (Å²) in [5.41, 5.74) is 0. The second-order valence-corrected chi connectivity index (χ2v) is 4.47. The third-order valence-electron chi connectivity index (χ3n) is 2.97. The maximum Gasteiger partial charge on any atom is 0.0351 e. The van der Waals surface area contributed by atoms with Gasteiger partial charge in [0.1, 0.15) is 0 Å². The molecule has 0 aromatic rings. The van der Waals surface area contributed by atoms with Gasteiger partial charge in [0.25, 0.3) is 0 Å². The van der Waals surface area contributed by atoms with Crippen LogP contribution in [0.25, 0.3) is 0 Å².